The molecule has 0 saturated carbocycles. The molecule has 0 aromatic heterocycles. The Morgan fingerprint density at radius 3 is 2.35 bits per heavy atom. The van der Waals surface area contributed by atoms with Gasteiger partial charge in [0, 0.05) is 5.56 Å². The third kappa shape index (κ3) is 2.48. The van der Waals surface area contributed by atoms with Gasteiger partial charge >= 0.3 is 0 Å². The van der Waals surface area contributed by atoms with Crippen molar-refractivity contribution in [3.63, 3.8) is 0 Å². The third-order valence-electron chi connectivity index (χ3n) is 2.98. The number of hydrazine groups is 1. The first-order valence-electron chi connectivity index (χ1n) is 5.82. The maximum absolute atomic E-state index is 14.0. The number of nitrogens with two attached hydrogens (primary N) is 1. The average molecular weight is 282 g/mol. The average Bonchev–Trinajstić information content (AvgIpc) is 2.45. The van der Waals surface area contributed by atoms with Gasteiger partial charge in [0.05, 0.1) is 18.7 Å². The maximum atomic E-state index is 14.0. The van der Waals surface area contributed by atoms with Crippen molar-refractivity contribution < 1.29 is 17.9 Å². The molecule has 3 nitrogen and oxygen atoms in total. The Balaban J connectivity index is 2.61. The highest BCUT2D eigenvalue weighted by atomic mass is 19.2. The molecule has 106 valence electrons. The summed E-state index contributed by atoms with van der Waals surface area (Å²) in [4.78, 5) is 0. The monoisotopic (exact) mass is 282 g/mol. The zero-order chi connectivity index (χ0) is 14.7. The van der Waals surface area contributed by atoms with Gasteiger partial charge in [-0.2, -0.15) is 0 Å². The predicted molar refractivity (Wildman–Crippen MR) is 68.5 cm³/mol. The summed E-state index contributed by atoms with van der Waals surface area (Å²) >= 11 is 0. The Kier molecular flexibility index (Phi) is 4.26. The predicted octanol–water partition coefficient (Wildman–Crippen LogP) is 2.67. The van der Waals surface area contributed by atoms with Crippen molar-refractivity contribution in [2.75, 3.05) is 7.11 Å². The molecule has 0 aliphatic heterocycles. The van der Waals surface area contributed by atoms with Gasteiger partial charge in [0.2, 0.25) is 0 Å². The van der Waals surface area contributed by atoms with Gasteiger partial charge in [-0.15, -0.1) is 0 Å². The molecule has 3 N–H and O–H groups in total. The molecule has 1 atom stereocenters. The second-order valence-corrected chi connectivity index (χ2v) is 4.10. The number of rotatable bonds is 4. The third-order valence-corrected chi connectivity index (χ3v) is 2.98. The summed E-state index contributed by atoms with van der Waals surface area (Å²) in [6, 6.07) is 6.72. The summed E-state index contributed by atoms with van der Waals surface area (Å²) in [6.45, 7) is 0. The van der Waals surface area contributed by atoms with E-state index < -0.39 is 23.5 Å². The standard InChI is InChI=1S/C14H13F3N2O/c1-20-11-7-3-5-9(15)12(11)14(19-18)8-4-2-6-10(16)13(8)17/h2-7,14,19H,18H2,1H3. The van der Waals surface area contributed by atoms with Gasteiger partial charge in [-0.25, -0.2) is 18.6 Å². The van der Waals surface area contributed by atoms with E-state index in [1.54, 1.807) is 0 Å². The molecule has 0 amide bonds. The minimum Gasteiger partial charge on any atom is -0.496 e. The fraction of sp³-hybridized carbons (Fsp3) is 0.143. The molecule has 2 rings (SSSR count). The SMILES string of the molecule is COc1cccc(F)c1C(NN)c1cccc(F)c1F. The first-order valence-corrected chi connectivity index (χ1v) is 5.82. The van der Waals surface area contributed by atoms with Gasteiger partial charge in [0.15, 0.2) is 11.6 Å². The lowest BCUT2D eigenvalue weighted by Gasteiger charge is -2.20. The highest BCUT2D eigenvalue weighted by Gasteiger charge is 2.25. The molecule has 2 aromatic carbocycles. The Labute approximate surface area is 114 Å². The Bertz CT molecular complexity index is 619. The van der Waals surface area contributed by atoms with E-state index in [-0.39, 0.29) is 16.9 Å². The van der Waals surface area contributed by atoms with Crippen molar-refractivity contribution in [2.45, 2.75) is 6.04 Å². The first-order chi connectivity index (χ1) is 9.60. The van der Waals surface area contributed by atoms with Gasteiger partial charge in [-0.3, -0.25) is 5.84 Å². The molecular formula is C14H13F3N2O. The van der Waals surface area contributed by atoms with E-state index in [1.165, 1.54) is 37.4 Å². The second kappa shape index (κ2) is 5.94. The van der Waals surface area contributed by atoms with Crippen LogP contribution in [0, 0.1) is 17.5 Å². The number of ether oxygens (including phenoxy) is 1. The maximum Gasteiger partial charge on any atom is 0.163 e. The van der Waals surface area contributed by atoms with Gasteiger partial charge < -0.3 is 4.74 Å². The van der Waals surface area contributed by atoms with Crippen LogP contribution in [0.3, 0.4) is 0 Å². The first kappa shape index (κ1) is 14.4. The lowest BCUT2D eigenvalue weighted by atomic mass is 9.97. The van der Waals surface area contributed by atoms with Gasteiger partial charge in [0.25, 0.3) is 0 Å². The fourth-order valence-corrected chi connectivity index (χ4v) is 2.05. The van der Waals surface area contributed by atoms with Crippen LogP contribution in [-0.4, -0.2) is 7.11 Å². The quantitative estimate of drug-likeness (QED) is 0.669. The summed E-state index contributed by atoms with van der Waals surface area (Å²) in [5.41, 5.74) is 2.21. The fourth-order valence-electron chi connectivity index (χ4n) is 2.05. The molecule has 1 unspecified atom stereocenters. The van der Waals surface area contributed by atoms with Crippen LogP contribution in [-0.2, 0) is 0 Å². The largest absolute Gasteiger partial charge is 0.496 e. The van der Waals surface area contributed by atoms with Crippen molar-refractivity contribution in [2.24, 2.45) is 5.84 Å². The topological polar surface area (TPSA) is 47.3 Å². The van der Waals surface area contributed by atoms with Gasteiger partial charge in [0.1, 0.15) is 11.6 Å². The molecule has 0 radical (unpaired) electrons. The number of nitrogens with one attached hydrogen (secondary N) is 1. The van der Waals surface area contributed by atoms with Crippen LogP contribution < -0.4 is 16.0 Å². The van der Waals surface area contributed by atoms with Crippen LogP contribution >= 0.6 is 0 Å². The molecule has 0 aliphatic rings. The van der Waals surface area contributed by atoms with Gasteiger partial charge in [-0.1, -0.05) is 18.2 Å². The van der Waals surface area contributed by atoms with Crippen LogP contribution in [0.5, 0.6) is 5.75 Å². The molecule has 0 heterocycles. The molecule has 0 bridgehead atoms. The van der Waals surface area contributed by atoms with E-state index in [2.05, 4.69) is 5.43 Å². The van der Waals surface area contributed by atoms with Crippen LogP contribution in [0.1, 0.15) is 17.2 Å². The van der Waals surface area contributed by atoms with E-state index >= 15 is 0 Å². The Hall–Kier alpha value is -2.05. The van der Waals surface area contributed by atoms with E-state index in [4.69, 9.17) is 10.6 Å². The van der Waals surface area contributed by atoms with E-state index in [9.17, 15) is 13.2 Å². The van der Waals surface area contributed by atoms with Crippen LogP contribution in [0.25, 0.3) is 0 Å². The summed E-state index contributed by atoms with van der Waals surface area (Å²) in [7, 11) is 1.35. The minimum absolute atomic E-state index is 0.0157. The number of benzene rings is 2. The highest BCUT2D eigenvalue weighted by Crippen LogP contribution is 2.33. The van der Waals surface area contributed by atoms with Crippen molar-refractivity contribution in [1.82, 2.24) is 5.43 Å². The van der Waals surface area contributed by atoms with Crippen LogP contribution in [0.2, 0.25) is 0 Å². The number of hydrogen-bond acceptors (Lipinski definition) is 3. The molecular weight excluding hydrogens is 269 g/mol. The zero-order valence-corrected chi connectivity index (χ0v) is 10.7. The molecule has 0 aliphatic carbocycles. The van der Waals surface area contributed by atoms with Gasteiger partial charge in [-0.05, 0) is 18.2 Å². The van der Waals surface area contributed by atoms with E-state index in [1.807, 2.05) is 0 Å². The van der Waals surface area contributed by atoms with Crippen LogP contribution in [0.4, 0.5) is 13.2 Å². The molecule has 0 saturated heterocycles. The molecule has 20 heavy (non-hydrogen) atoms. The summed E-state index contributed by atoms with van der Waals surface area (Å²) < 4.78 is 46.2. The normalized spacial score (nSPS) is 12.2. The minimum atomic E-state index is -1.08. The summed E-state index contributed by atoms with van der Waals surface area (Å²) in [5.74, 6) is 2.84. The molecule has 2 aromatic rings. The van der Waals surface area contributed by atoms with Crippen molar-refractivity contribution in [3.05, 3.63) is 65.0 Å². The van der Waals surface area contributed by atoms with E-state index in [0.717, 1.165) is 6.07 Å². The Morgan fingerprint density at radius 2 is 1.70 bits per heavy atom. The molecule has 6 heteroatoms. The van der Waals surface area contributed by atoms with Crippen molar-refractivity contribution >= 4 is 0 Å². The van der Waals surface area contributed by atoms with Crippen LogP contribution in [0.15, 0.2) is 36.4 Å². The second-order valence-electron chi connectivity index (χ2n) is 4.10. The van der Waals surface area contributed by atoms with Crippen molar-refractivity contribution in [3.8, 4) is 5.75 Å². The van der Waals surface area contributed by atoms with Crippen molar-refractivity contribution in [1.29, 1.82) is 0 Å². The lowest BCUT2D eigenvalue weighted by Crippen LogP contribution is -2.30. The molecule has 0 fully saturated rings. The number of halogens is 3. The highest BCUT2D eigenvalue weighted by molar-refractivity contribution is 5.43. The Morgan fingerprint density at radius 1 is 1.05 bits per heavy atom. The summed E-state index contributed by atoms with van der Waals surface area (Å²) in [6.07, 6.45) is 0. The van der Waals surface area contributed by atoms with E-state index in [0.29, 0.717) is 0 Å². The lowest BCUT2D eigenvalue weighted by molar-refractivity contribution is 0.394. The summed E-state index contributed by atoms with van der Waals surface area (Å²) in [5, 5.41) is 0. The smallest absolute Gasteiger partial charge is 0.163 e. The zero-order valence-electron chi connectivity index (χ0n) is 10.7. The number of hydrogen-bond donors (Lipinski definition) is 2. The molecule has 0 spiro atoms. The number of methoxy groups -OCH3 is 1.